The molecule has 1 aliphatic rings. The third-order valence-corrected chi connectivity index (χ3v) is 9.55. The third kappa shape index (κ3) is 9.08. The van der Waals surface area contributed by atoms with Gasteiger partial charge in [-0.3, -0.25) is 4.79 Å². The van der Waals surface area contributed by atoms with E-state index >= 15 is 4.39 Å². The van der Waals surface area contributed by atoms with E-state index in [1.807, 2.05) is 31.2 Å². The molecule has 10 nitrogen and oxygen atoms in total. The van der Waals surface area contributed by atoms with Gasteiger partial charge < -0.3 is 38.6 Å². The Bertz CT molecular complexity index is 1780. The van der Waals surface area contributed by atoms with Crippen molar-refractivity contribution < 1.29 is 41.3 Å². The highest BCUT2D eigenvalue weighted by atomic mass is 19.4. The minimum absolute atomic E-state index is 0.0633. The Kier molecular flexibility index (Phi) is 12.9. The van der Waals surface area contributed by atoms with Crippen molar-refractivity contribution in [1.82, 2.24) is 19.4 Å². The number of imidazole rings is 1. The van der Waals surface area contributed by atoms with Crippen LogP contribution < -0.4 is 19.5 Å². The number of nitrogens with zero attached hydrogens (tertiary/aromatic N) is 4. The van der Waals surface area contributed by atoms with Crippen LogP contribution in [0.1, 0.15) is 53.6 Å². The number of carbonyl (C=O) groups excluding carboxylic acids is 1. The first-order chi connectivity index (χ1) is 25.0. The number of amides is 1. The molecule has 14 heteroatoms. The summed E-state index contributed by atoms with van der Waals surface area (Å²) in [7, 11) is 5.93. The zero-order valence-electron chi connectivity index (χ0n) is 30.3. The van der Waals surface area contributed by atoms with E-state index in [9.17, 15) is 18.0 Å². The van der Waals surface area contributed by atoms with E-state index in [1.54, 1.807) is 7.05 Å². The number of aromatic nitrogens is 2. The molecule has 282 valence electrons. The number of alkyl halides is 3. The van der Waals surface area contributed by atoms with E-state index in [2.05, 4.69) is 14.8 Å². The maximum atomic E-state index is 15.4. The van der Waals surface area contributed by atoms with Crippen LogP contribution in [-0.4, -0.2) is 99.1 Å². The van der Waals surface area contributed by atoms with Gasteiger partial charge in [-0.1, -0.05) is 18.2 Å². The molecule has 0 bridgehead atoms. The van der Waals surface area contributed by atoms with Gasteiger partial charge in [0.15, 0.2) is 11.5 Å². The van der Waals surface area contributed by atoms with Crippen molar-refractivity contribution in [1.29, 1.82) is 0 Å². The molecule has 1 unspecified atom stereocenters. The highest BCUT2D eigenvalue weighted by molar-refractivity contribution is 5.95. The first kappa shape index (κ1) is 38.7. The van der Waals surface area contributed by atoms with Crippen LogP contribution in [0.5, 0.6) is 17.2 Å². The van der Waals surface area contributed by atoms with E-state index in [1.165, 1.54) is 44.4 Å². The van der Waals surface area contributed by atoms with E-state index in [-0.39, 0.29) is 23.7 Å². The molecule has 0 saturated carbocycles. The molecule has 1 aliphatic heterocycles. The largest absolute Gasteiger partial charge is 0.493 e. The molecule has 2 heterocycles. The molecule has 1 amide bonds. The Morgan fingerprint density at radius 2 is 1.69 bits per heavy atom. The molecule has 1 saturated heterocycles. The zero-order chi connectivity index (χ0) is 37.4. The minimum atomic E-state index is -4.68. The Hall–Kier alpha value is -4.56. The summed E-state index contributed by atoms with van der Waals surface area (Å²) < 4.78 is 79.6. The summed E-state index contributed by atoms with van der Waals surface area (Å²) in [5.74, 6) is -0.210. The minimum Gasteiger partial charge on any atom is -0.493 e. The number of methoxy groups -OCH3 is 3. The molecule has 1 N–H and O–H groups in total. The molecule has 0 spiro atoms. The van der Waals surface area contributed by atoms with Gasteiger partial charge in [-0.05, 0) is 74.7 Å². The molecule has 1 atom stereocenters. The second-order valence-electron chi connectivity index (χ2n) is 12.9. The number of ether oxygens (including phenoxy) is 4. The molecule has 0 radical (unpaired) electrons. The fraction of sp³-hybridized carbons (Fsp3) is 0.474. The van der Waals surface area contributed by atoms with Gasteiger partial charge in [-0.25, -0.2) is 9.37 Å². The van der Waals surface area contributed by atoms with Gasteiger partial charge >= 0.3 is 6.18 Å². The van der Waals surface area contributed by atoms with Crippen molar-refractivity contribution in [3.63, 3.8) is 0 Å². The maximum absolute atomic E-state index is 15.4. The molecule has 1 aromatic heterocycles. The lowest BCUT2D eigenvalue weighted by atomic mass is 9.92. The number of likely N-dealkylation sites (N-methyl/N-ethyl adjacent to an activating group) is 1. The Balaban J connectivity index is 1.28. The van der Waals surface area contributed by atoms with Crippen LogP contribution in [0.4, 0.5) is 23.5 Å². The zero-order valence-corrected chi connectivity index (χ0v) is 30.3. The number of rotatable bonds is 16. The van der Waals surface area contributed by atoms with Gasteiger partial charge in [-0.2, -0.15) is 13.2 Å². The fourth-order valence-electron chi connectivity index (χ4n) is 6.75. The number of hydrogen-bond acceptors (Lipinski definition) is 8. The molecule has 4 aromatic rings. The molecular weight excluding hydrogens is 682 g/mol. The van der Waals surface area contributed by atoms with Crippen LogP contribution in [-0.2, 0) is 17.5 Å². The number of likely N-dealkylation sites (tertiary alicyclic amines) is 1. The molecular formula is C38H47F4N5O5. The summed E-state index contributed by atoms with van der Waals surface area (Å²) in [5, 5.41) is 3.64. The number of nitrogens with one attached hydrogen (secondary N) is 1. The van der Waals surface area contributed by atoms with Crippen LogP contribution in [0.15, 0.2) is 54.6 Å². The van der Waals surface area contributed by atoms with Gasteiger partial charge in [-0.15, -0.1) is 0 Å². The lowest BCUT2D eigenvalue weighted by Crippen LogP contribution is -2.41. The van der Waals surface area contributed by atoms with E-state index in [4.69, 9.17) is 23.9 Å². The Morgan fingerprint density at radius 1 is 1.00 bits per heavy atom. The van der Waals surface area contributed by atoms with Crippen LogP contribution in [0.25, 0.3) is 11.0 Å². The number of hydrogen-bond donors (Lipinski definition) is 1. The lowest BCUT2D eigenvalue weighted by molar-refractivity contribution is -0.137. The number of piperidine rings is 1. The Morgan fingerprint density at radius 3 is 2.31 bits per heavy atom. The van der Waals surface area contributed by atoms with Gasteiger partial charge in [0.1, 0.15) is 5.82 Å². The molecule has 5 rings (SSSR count). The molecule has 0 aliphatic carbocycles. The van der Waals surface area contributed by atoms with Crippen molar-refractivity contribution in [2.75, 3.05) is 73.1 Å². The summed E-state index contributed by atoms with van der Waals surface area (Å²) in [6.45, 7) is 6.02. The molecule has 52 heavy (non-hydrogen) atoms. The summed E-state index contributed by atoms with van der Waals surface area (Å²) in [6, 6.07) is 13.9. The van der Waals surface area contributed by atoms with Gasteiger partial charge in [0.05, 0.1) is 44.5 Å². The summed E-state index contributed by atoms with van der Waals surface area (Å²) in [6.07, 6.45) is -2.58. The third-order valence-electron chi connectivity index (χ3n) is 9.55. The molecule has 1 fully saturated rings. The first-order valence-corrected chi connectivity index (χ1v) is 17.4. The predicted molar refractivity (Wildman–Crippen MR) is 191 cm³/mol. The van der Waals surface area contributed by atoms with Crippen LogP contribution >= 0.6 is 0 Å². The average molecular weight is 730 g/mol. The number of fused-ring (bicyclic) bond motifs is 1. The van der Waals surface area contributed by atoms with E-state index in [0.717, 1.165) is 49.0 Å². The topological polar surface area (TPSA) is 90.3 Å². The average Bonchev–Trinajstić information content (AvgIpc) is 3.49. The second kappa shape index (κ2) is 17.3. The Labute approximate surface area is 301 Å². The quantitative estimate of drug-likeness (QED) is 0.0968. The van der Waals surface area contributed by atoms with E-state index in [0.29, 0.717) is 56.0 Å². The highest BCUT2D eigenvalue weighted by Crippen LogP contribution is 2.39. The molecule has 3 aromatic carbocycles. The number of para-hydroxylation sites is 2. The number of carbonyl (C=O) groups is 1. The summed E-state index contributed by atoms with van der Waals surface area (Å²) >= 11 is 0. The number of halogens is 4. The SMILES string of the molecule is CCOCCn1c(NC2CCN(CCC(CN(C)C(=O)c3cc(OC)c(OC)c(OC)c3)c3ccc(C(F)(F)F)cc3F)CC2)nc2ccccc21. The van der Waals surface area contributed by atoms with Gasteiger partial charge in [0, 0.05) is 57.4 Å². The monoisotopic (exact) mass is 729 g/mol. The van der Waals surface area contributed by atoms with Crippen LogP contribution in [0.3, 0.4) is 0 Å². The van der Waals surface area contributed by atoms with Gasteiger partial charge in [0.25, 0.3) is 5.91 Å². The summed E-state index contributed by atoms with van der Waals surface area (Å²) in [5.41, 5.74) is 1.27. The van der Waals surface area contributed by atoms with Crippen molar-refractivity contribution in [2.24, 2.45) is 0 Å². The predicted octanol–water partition coefficient (Wildman–Crippen LogP) is 7.08. The number of benzene rings is 3. The van der Waals surface area contributed by atoms with Crippen molar-refractivity contribution in [3.8, 4) is 17.2 Å². The standard InChI is InChI=1S/C38H47F4N5O5/c1-6-52-20-19-47-32-10-8-7-9-31(32)44-37(47)43-28-14-17-46(18-15-28)16-13-25(29-12-11-27(23-30(29)39)38(40,41)42)24-45(2)36(48)26-21-33(49-3)35(51-5)34(22-26)50-4/h7-12,21-23,25,28H,6,13-20,24H2,1-5H3,(H,43,44). The van der Waals surface area contributed by atoms with Crippen molar-refractivity contribution in [2.45, 2.75) is 50.9 Å². The first-order valence-electron chi connectivity index (χ1n) is 17.4. The van der Waals surface area contributed by atoms with E-state index < -0.39 is 29.4 Å². The van der Waals surface area contributed by atoms with Crippen LogP contribution in [0, 0.1) is 5.82 Å². The van der Waals surface area contributed by atoms with Crippen molar-refractivity contribution >= 4 is 22.9 Å². The second-order valence-corrected chi connectivity index (χ2v) is 12.9. The van der Waals surface area contributed by atoms with Gasteiger partial charge in [0.2, 0.25) is 11.7 Å². The van der Waals surface area contributed by atoms with Crippen LogP contribution in [0.2, 0.25) is 0 Å². The highest BCUT2D eigenvalue weighted by Gasteiger charge is 2.33. The number of anilines is 1. The smallest absolute Gasteiger partial charge is 0.416 e. The fourth-order valence-corrected chi connectivity index (χ4v) is 6.75. The maximum Gasteiger partial charge on any atom is 0.416 e. The van der Waals surface area contributed by atoms with Crippen molar-refractivity contribution in [3.05, 3.63) is 77.1 Å². The lowest BCUT2D eigenvalue weighted by Gasteiger charge is -2.34. The normalized spacial score (nSPS) is 14.7. The summed E-state index contributed by atoms with van der Waals surface area (Å²) in [4.78, 5) is 22.2.